The minimum Gasteiger partial charge on any atom is -0.481 e. The zero-order valence-electron chi connectivity index (χ0n) is 13.3. The van der Waals surface area contributed by atoms with Crippen LogP contribution in [0.2, 0.25) is 0 Å². The highest BCUT2D eigenvalue weighted by Crippen LogP contribution is 2.15. The summed E-state index contributed by atoms with van der Waals surface area (Å²) in [5.74, 6) is -1.16. The van der Waals surface area contributed by atoms with Gasteiger partial charge in [0.05, 0.1) is 19.1 Å². The molecule has 1 saturated heterocycles. The lowest BCUT2D eigenvalue weighted by atomic mass is 10.1. The quantitative estimate of drug-likeness (QED) is 0.804. The molecule has 0 bridgehead atoms. The lowest BCUT2D eigenvalue weighted by Crippen LogP contribution is -2.32. The summed E-state index contributed by atoms with van der Waals surface area (Å²) in [4.78, 5) is 22.9. The van der Waals surface area contributed by atoms with Gasteiger partial charge in [-0.15, -0.1) is 0 Å². The van der Waals surface area contributed by atoms with E-state index in [1.54, 1.807) is 31.2 Å². The third-order valence-electron chi connectivity index (χ3n) is 3.73. The summed E-state index contributed by atoms with van der Waals surface area (Å²) in [5.41, 5.74) is 1.21. The van der Waals surface area contributed by atoms with Crippen LogP contribution in [0.5, 0.6) is 0 Å². The fourth-order valence-corrected chi connectivity index (χ4v) is 2.44. The van der Waals surface area contributed by atoms with E-state index < -0.39 is 12.1 Å². The highest BCUT2D eigenvalue weighted by molar-refractivity contribution is 5.94. The number of ether oxygens (including phenoxy) is 2. The summed E-state index contributed by atoms with van der Waals surface area (Å²) in [6.07, 6.45) is 2.58. The van der Waals surface area contributed by atoms with Crippen LogP contribution in [0, 0.1) is 0 Å². The zero-order valence-corrected chi connectivity index (χ0v) is 13.3. The lowest BCUT2D eigenvalue weighted by molar-refractivity contribution is -0.136. The van der Waals surface area contributed by atoms with E-state index in [0.29, 0.717) is 17.9 Å². The van der Waals surface area contributed by atoms with Crippen LogP contribution in [0.25, 0.3) is 0 Å². The first-order chi connectivity index (χ1) is 11.0. The van der Waals surface area contributed by atoms with Crippen LogP contribution in [-0.2, 0) is 25.5 Å². The molecule has 0 radical (unpaired) electrons. The molecule has 1 aromatic rings. The third kappa shape index (κ3) is 6.00. The molecule has 6 nitrogen and oxygen atoms in total. The molecule has 0 saturated carbocycles. The van der Waals surface area contributed by atoms with Crippen LogP contribution >= 0.6 is 0 Å². The molecular formula is C17H23NO5. The third-order valence-corrected chi connectivity index (χ3v) is 3.73. The van der Waals surface area contributed by atoms with E-state index in [1.165, 1.54) is 0 Å². The van der Waals surface area contributed by atoms with Gasteiger partial charge in [-0.1, -0.05) is 12.1 Å². The number of carbonyl (C=O) groups is 2. The summed E-state index contributed by atoms with van der Waals surface area (Å²) in [6, 6.07) is 6.81. The van der Waals surface area contributed by atoms with Crippen molar-refractivity contribution in [2.24, 2.45) is 0 Å². The lowest BCUT2D eigenvalue weighted by Gasteiger charge is -2.23. The van der Waals surface area contributed by atoms with Gasteiger partial charge >= 0.3 is 5.97 Å². The molecule has 2 atom stereocenters. The topological polar surface area (TPSA) is 84.9 Å². The Bertz CT molecular complexity index is 540. The average Bonchev–Trinajstić information content (AvgIpc) is 2.53. The minimum atomic E-state index is -0.905. The van der Waals surface area contributed by atoms with Crippen molar-refractivity contribution >= 4 is 17.6 Å². The number of rotatable bonds is 7. The van der Waals surface area contributed by atoms with Gasteiger partial charge in [0, 0.05) is 12.3 Å². The van der Waals surface area contributed by atoms with Crippen LogP contribution in [0.15, 0.2) is 24.3 Å². The highest BCUT2D eigenvalue weighted by Gasteiger charge is 2.19. The van der Waals surface area contributed by atoms with E-state index >= 15 is 0 Å². The Kier molecular flexibility index (Phi) is 6.55. The van der Waals surface area contributed by atoms with E-state index in [1.807, 2.05) is 0 Å². The molecule has 23 heavy (non-hydrogen) atoms. The van der Waals surface area contributed by atoms with Crippen molar-refractivity contribution in [1.82, 2.24) is 0 Å². The molecule has 6 heteroatoms. The van der Waals surface area contributed by atoms with E-state index in [4.69, 9.17) is 14.6 Å². The monoisotopic (exact) mass is 321 g/mol. The van der Waals surface area contributed by atoms with Crippen molar-refractivity contribution in [3.63, 3.8) is 0 Å². The molecule has 0 aliphatic carbocycles. The van der Waals surface area contributed by atoms with E-state index in [2.05, 4.69) is 5.32 Å². The maximum atomic E-state index is 12.1. The number of hydrogen-bond donors (Lipinski definition) is 2. The molecule has 2 unspecified atom stereocenters. The first kappa shape index (κ1) is 17.4. The van der Waals surface area contributed by atoms with Crippen molar-refractivity contribution in [2.75, 3.05) is 18.5 Å². The van der Waals surface area contributed by atoms with Crippen molar-refractivity contribution in [1.29, 1.82) is 0 Å². The molecule has 1 heterocycles. The maximum absolute atomic E-state index is 12.1. The standard InChI is InChI=1S/C17H23NO5/c1-12(23-11-15-7-2-3-8-22-15)17(21)18-14-6-4-5-13(9-14)10-16(19)20/h4-6,9,12,15H,2-3,7-8,10-11H2,1H3,(H,18,21)(H,19,20). The van der Waals surface area contributed by atoms with Crippen LogP contribution in [0.1, 0.15) is 31.7 Å². The number of nitrogens with one attached hydrogen (secondary N) is 1. The van der Waals surface area contributed by atoms with Gasteiger partial charge in [-0.3, -0.25) is 9.59 Å². The summed E-state index contributed by atoms with van der Waals surface area (Å²) in [7, 11) is 0. The fraction of sp³-hybridized carbons (Fsp3) is 0.529. The molecule has 0 aromatic heterocycles. The summed E-state index contributed by atoms with van der Waals surface area (Å²) in [5, 5.41) is 11.5. The number of hydrogen-bond acceptors (Lipinski definition) is 4. The molecule has 1 aliphatic heterocycles. The van der Waals surface area contributed by atoms with Gasteiger partial charge in [-0.05, 0) is 43.9 Å². The number of aliphatic carboxylic acids is 1. The van der Waals surface area contributed by atoms with Crippen molar-refractivity contribution in [3.8, 4) is 0 Å². The molecule has 0 spiro atoms. The molecule has 2 N–H and O–H groups in total. The fourth-order valence-electron chi connectivity index (χ4n) is 2.44. The molecule has 2 rings (SSSR count). The molecule has 1 aromatic carbocycles. The number of amides is 1. The Morgan fingerprint density at radius 2 is 2.26 bits per heavy atom. The van der Waals surface area contributed by atoms with Crippen molar-refractivity contribution in [2.45, 2.75) is 44.8 Å². The normalized spacial score (nSPS) is 19.1. The van der Waals surface area contributed by atoms with Crippen molar-refractivity contribution in [3.05, 3.63) is 29.8 Å². The molecule has 1 aliphatic rings. The van der Waals surface area contributed by atoms with Crippen LogP contribution in [-0.4, -0.2) is 42.4 Å². The minimum absolute atomic E-state index is 0.0675. The molecule has 1 amide bonds. The highest BCUT2D eigenvalue weighted by atomic mass is 16.5. The summed E-state index contributed by atoms with van der Waals surface area (Å²) >= 11 is 0. The molecular weight excluding hydrogens is 298 g/mol. The maximum Gasteiger partial charge on any atom is 0.307 e. The van der Waals surface area contributed by atoms with Crippen molar-refractivity contribution < 1.29 is 24.2 Å². The first-order valence-corrected chi connectivity index (χ1v) is 7.89. The van der Waals surface area contributed by atoms with E-state index in [0.717, 1.165) is 25.9 Å². The van der Waals surface area contributed by atoms with Crippen LogP contribution in [0.3, 0.4) is 0 Å². The molecule has 126 valence electrons. The number of carboxylic acid groups (broad SMARTS) is 1. The van der Waals surface area contributed by atoms with Gasteiger partial charge in [0.25, 0.3) is 5.91 Å². The largest absolute Gasteiger partial charge is 0.481 e. The number of carbonyl (C=O) groups excluding carboxylic acids is 1. The molecule has 1 fully saturated rings. The Labute approximate surface area is 135 Å². The van der Waals surface area contributed by atoms with Gasteiger partial charge in [-0.25, -0.2) is 0 Å². The predicted molar refractivity (Wildman–Crippen MR) is 85.4 cm³/mol. The van der Waals surface area contributed by atoms with E-state index in [-0.39, 0.29) is 18.4 Å². The second kappa shape index (κ2) is 8.64. The van der Waals surface area contributed by atoms with Gasteiger partial charge in [0.1, 0.15) is 6.10 Å². The average molecular weight is 321 g/mol. The van der Waals surface area contributed by atoms with Gasteiger partial charge < -0.3 is 19.9 Å². The van der Waals surface area contributed by atoms with Crippen LogP contribution < -0.4 is 5.32 Å². The smallest absolute Gasteiger partial charge is 0.307 e. The Hall–Kier alpha value is -1.92. The van der Waals surface area contributed by atoms with Crippen LogP contribution in [0.4, 0.5) is 5.69 Å². The first-order valence-electron chi connectivity index (χ1n) is 7.89. The Balaban J connectivity index is 1.81. The second-order valence-electron chi connectivity index (χ2n) is 5.72. The number of benzene rings is 1. The predicted octanol–water partition coefficient (Wildman–Crippen LogP) is 2.23. The SMILES string of the molecule is CC(OCC1CCCCO1)C(=O)Nc1cccc(CC(=O)O)c1. The summed E-state index contributed by atoms with van der Waals surface area (Å²) < 4.78 is 11.1. The Morgan fingerprint density at radius 3 is 2.96 bits per heavy atom. The van der Waals surface area contributed by atoms with Gasteiger partial charge in [0.2, 0.25) is 0 Å². The number of anilines is 1. The van der Waals surface area contributed by atoms with E-state index in [9.17, 15) is 9.59 Å². The number of carboxylic acids is 1. The van der Waals surface area contributed by atoms with Gasteiger partial charge in [-0.2, -0.15) is 0 Å². The van der Waals surface area contributed by atoms with Gasteiger partial charge in [0.15, 0.2) is 0 Å². The summed E-state index contributed by atoms with van der Waals surface area (Å²) in [6.45, 7) is 2.86. The zero-order chi connectivity index (χ0) is 16.7. The Morgan fingerprint density at radius 1 is 1.43 bits per heavy atom. The second-order valence-corrected chi connectivity index (χ2v) is 5.72.